The Morgan fingerprint density at radius 2 is 1.83 bits per heavy atom. The second-order valence-electron chi connectivity index (χ2n) is 5.70. The summed E-state index contributed by atoms with van der Waals surface area (Å²) < 4.78 is 5.30. The van der Waals surface area contributed by atoms with E-state index in [1.165, 1.54) is 0 Å². The standard InChI is InChI=1S/C13H24N2O3/c14-9-12(3-1-2-4-12)11(17)15-13(10-16)5-7-18-8-6-13/h16H,1-10,14H2,(H,15,17). The van der Waals surface area contributed by atoms with Crippen LogP contribution in [-0.2, 0) is 9.53 Å². The van der Waals surface area contributed by atoms with Gasteiger partial charge in [-0.05, 0) is 25.7 Å². The molecule has 0 atom stereocenters. The highest BCUT2D eigenvalue weighted by molar-refractivity contribution is 5.84. The molecule has 5 heteroatoms. The van der Waals surface area contributed by atoms with Gasteiger partial charge >= 0.3 is 0 Å². The van der Waals surface area contributed by atoms with Crippen molar-refractivity contribution in [3.8, 4) is 0 Å². The Morgan fingerprint density at radius 1 is 1.22 bits per heavy atom. The molecular formula is C13H24N2O3. The van der Waals surface area contributed by atoms with Crippen LogP contribution in [0.4, 0.5) is 0 Å². The van der Waals surface area contributed by atoms with Gasteiger partial charge in [0.25, 0.3) is 0 Å². The first-order chi connectivity index (χ1) is 8.66. The average Bonchev–Trinajstić information content (AvgIpc) is 2.90. The largest absolute Gasteiger partial charge is 0.394 e. The molecule has 18 heavy (non-hydrogen) atoms. The van der Waals surface area contributed by atoms with E-state index in [1.807, 2.05) is 0 Å². The summed E-state index contributed by atoms with van der Waals surface area (Å²) in [5.74, 6) is 0.0263. The summed E-state index contributed by atoms with van der Waals surface area (Å²) in [6, 6.07) is 0. The van der Waals surface area contributed by atoms with E-state index in [2.05, 4.69) is 5.32 Å². The Balaban J connectivity index is 2.04. The summed E-state index contributed by atoms with van der Waals surface area (Å²) in [5, 5.41) is 12.7. The van der Waals surface area contributed by atoms with Crippen molar-refractivity contribution in [1.82, 2.24) is 5.32 Å². The second-order valence-corrected chi connectivity index (χ2v) is 5.70. The van der Waals surface area contributed by atoms with Crippen LogP contribution in [0.15, 0.2) is 0 Å². The van der Waals surface area contributed by atoms with Gasteiger partial charge in [0.05, 0.1) is 17.6 Å². The molecule has 0 unspecified atom stereocenters. The van der Waals surface area contributed by atoms with E-state index < -0.39 is 11.0 Å². The van der Waals surface area contributed by atoms with Crippen molar-refractivity contribution in [2.24, 2.45) is 11.1 Å². The first-order valence-corrected chi connectivity index (χ1v) is 6.88. The summed E-state index contributed by atoms with van der Waals surface area (Å²) >= 11 is 0. The van der Waals surface area contributed by atoms with E-state index >= 15 is 0 Å². The molecule has 0 bridgehead atoms. The van der Waals surface area contributed by atoms with Crippen LogP contribution in [-0.4, -0.2) is 42.9 Å². The van der Waals surface area contributed by atoms with Crippen LogP contribution in [0.3, 0.4) is 0 Å². The lowest BCUT2D eigenvalue weighted by molar-refractivity contribution is -0.134. The molecule has 2 fully saturated rings. The number of ether oxygens (including phenoxy) is 1. The van der Waals surface area contributed by atoms with Crippen molar-refractivity contribution in [3.05, 3.63) is 0 Å². The number of aliphatic hydroxyl groups excluding tert-OH is 1. The zero-order valence-corrected chi connectivity index (χ0v) is 10.9. The quantitative estimate of drug-likeness (QED) is 0.669. The fourth-order valence-electron chi connectivity index (χ4n) is 3.03. The van der Waals surface area contributed by atoms with Gasteiger partial charge in [-0.15, -0.1) is 0 Å². The molecule has 1 heterocycles. The molecule has 0 aromatic rings. The Hall–Kier alpha value is -0.650. The van der Waals surface area contributed by atoms with Gasteiger partial charge in [-0.1, -0.05) is 12.8 Å². The van der Waals surface area contributed by atoms with Gasteiger partial charge in [-0.2, -0.15) is 0 Å². The smallest absolute Gasteiger partial charge is 0.228 e. The summed E-state index contributed by atoms with van der Waals surface area (Å²) in [4.78, 5) is 12.5. The summed E-state index contributed by atoms with van der Waals surface area (Å²) in [5.41, 5.74) is 4.91. The predicted molar refractivity (Wildman–Crippen MR) is 68.0 cm³/mol. The number of nitrogens with two attached hydrogens (primary N) is 1. The molecule has 2 aliphatic rings. The molecule has 1 aliphatic carbocycles. The maximum Gasteiger partial charge on any atom is 0.228 e. The van der Waals surface area contributed by atoms with Gasteiger partial charge in [0, 0.05) is 19.8 Å². The summed E-state index contributed by atoms with van der Waals surface area (Å²) in [7, 11) is 0. The van der Waals surface area contributed by atoms with Crippen molar-refractivity contribution in [2.75, 3.05) is 26.4 Å². The molecule has 1 saturated carbocycles. The van der Waals surface area contributed by atoms with E-state index in [0.29, 0.717) is 32.6 Å². The lowest BCUT2D eigenvalue weighted by Gasteiger charge is -2.39. The number of hydrogen-bond donors (Lipinski definition) is 3. The van der Waals surface area contributed by atoms with E-state index in [1.54, 1.807) is 0 Å². The number of rotatable bonds is 4. The molecule has 1 amide bonds. The van der Waals surface area contributed by atoms with Crippen molar-refractivity contribution in [1.29, 1.82) is 0 Å². The van der Waals surface area contributed by atoms with Crippen molar-refractivity contribution < 1.29 is 14.6 Å². The third-order valence-electron chi connectivity index (χ3n) is 4.56. The minimum absolute atomic E-state index is 0.0250. The SMILES string of the molecule is NCC1(C(=O)NC2(CO)CCOCC2)CCCC1. The third-order valence-corrected chi connectivity index (χ3v) is 4.56. The molecular weight excluding hydrogens is 232 g/mol. The number of carbonyl (C=O) groups excluding carboxylic acids is 1. The van der Waals surface area contributed by atoms with Gasteiger partial charge in [0.2, 0.25) is 5.91 Å². The van der Waals surface area contributed by atoms with Gasteiger partial charge in [0.1, 0.15) is 0 Å². The normalized spacial score (nSPS) is 25.9. The van der Waals surface area contributed by atoms with Crippen LogP contribution in [0.25, 0.3) is 0 Å². The molecule has 1 saturated heterocycles. The maximum absolute atomic E-state index is 12.5. The Kier molecular flexibility index (Phi) is 4.25. The zero-order valence-electron chi connectivity index (χ0n) is 10.9. The zero-order chi connectivity index (χ0) is 13.1. The van der Waals surface area contributed by atoms with Crippen LogP contribution in [0.1, 0.15) is 38.5 Å². The van der Waals surface area contributed by atoms with Crippen LogP contribution in [0.2, 0.25) is 0 Å². The van der Waals surface area contributed by atoms with Crippen LogP contribution < -0.4 is 11.1 Å². The molecule has 0 radical (unpaired) electrons. The van der Waals surface area contributed by atoms with E-state index in [9.17, 15) is 9.90 Å². The lowest BCUT2D eigenvalue weighted by Crippen LogP contribution is -2.59. The lowest BCUT2D eigenvalue weighted by atomic mass is 9.82. The molecule has 2 rings (SSSR count). The first kappa shape index (κ1) is 13.8. The van der Waals surface area contributed by atoms with Crippen molar-refractivity contribution in [3.63, 3.8) is 0 Å². The number of aliphatic hydroxyl groups is 1. The number of nitrogens with one attached hydrogen (secondary N) is 1. The molecule has 0 aromatic carbocycles. The summed E-state index contributed by atoms with van der Waals surface area (Å²) in [6.07, 6.45) is 5.23. The topological polar surface area (TPSA) is 84.6 Å². The highest BCUT2D eigenvalue weighted by Crippen LogP contribution is 2.38. The molecule has 0 aromatic heterocycles. The second kappa shape index (κ2) is 5.55. The fourth-order valence-corrected chi connectivity index (χ4v) is 3.03. The maximum atomic E-state index is 12.5. The van der Waals surface area contributed by atoms with Gasteiger partial charge < -0.3 is 20.9 Å². The fraction of sp³-hybridized carbons (Fsp3) is 0.923. The Morgan fingerprint density at radius 3 is 2.33 bits per heavy atom. The molecule has 0 spiro atoms. The minimum Gasteiger partial charge on any atom is -0.394 e. The van der Waals surface area contributed by atoms with Crippen molar-refractivity contribution in [2.45, 2.75) is 44.1 Å². The van der Waals surface area contributed by atoms with E-state index in [-0.39, 0.29) is 12.5 Å². The Labute approximate surface area is 108 Å². The van der Waals surface area contributed by atoms with Crippen LogP contribution >= 0.6 is 0 Å². The molecule has 4 N–H and O–H groups in total. The highest BCUT2D eigenvalue weighted by Gasteiger charge is 2.43. The van der Waals surface area contributed by atoms with Gasteiger partial charge in [-0.25, -0.2) is 0 Å². The molecule has 104 valence electrons. The number of amides is 1. The van der Waals surface area contributed by atoms with E-state index in [0.717, 1.165) is 25.7 Å². The third kappa shape index (κ3) is 2.53. The van der Waals surface area contributed by atoms with Gasteiger partial charge in [-0.3, -0.25) is 4.79 Å². The van der Waals surface area contributed by atoms with Crippen LogP contribution in [0.5, 0.6) is 0 Å². The highest BCUT2D eigenvalue weighted by atomic mass is 16.5. The number of carbonyl (C=O) groups is 1. The minimum atomic E-state index is -0.500. The molecule has 5 nitrogen and oxygen atoms in total. The monoisotopic (exact) mass is 256 g/mol. The van der Waals surface area contributed by atoms with Crippen LogP contribution in [0, 0.1) is 5.41 Å². The van der Waals surface area contributed by atoms with Crippen molar-refractivity contribution >= 4 is 5.91 Å². The van der Waals surface area contributed by atoms with Gasteiger partial charge in [0.15, 0.2) is 0 Å². The molecule has 1 aliphatic heterocycles. The first-order valence-electron chi connectivity index (χ1n) is 6.88. The average molecular weight is 256 g/mol. The predicted octanol–water partition coefficient (Wildman–Crippen LogP) is 0.163. The van der Waals surface area contributed by atoms with E-state index in [4.69, 9.17) is 10.5 Å². The Bertz CT molecular complexity index is 295. The number of hydrogen-bond acceptors (Lipinski definition) is 4. The summed E-state index contributed by atoms with van der Waals surface area (Å²) in [6.45, 7) is 1.56.